The summed E-state index contributed by atoms with van der Waals surface area (Å²) in [5.41, 5.74) is 2.27. The standard InChI is InChI=1S/C27H38FN3O/c1-6-25-17-26(15-16-30(25)5)31(19-23-7-11-24(28)12-8-23)21(4)29-18-22-9-13-27(14-10-22)32-20(2)3/h7-14,20,25-26,29H,4,6,15-19H2,1-3,5H3/t25-,26-/m1/s1. The molecule has 1 heterocycles. The second kappa shape index (κ2) is 11.4. The summed E-state index contributed by atoms with van der Waals surface area (Å²) < 4.78 is 19.2. The van der Waals surface area contributed by atoms with Gasteiger partial charge >= 0.3 is 0 Å². The number of hydrogen-bond donors (Lipinski definition) is 1. The predicted molar refractivity (Wildman–Crippen MR) is 130 cm³/mol. The van der Waals surface area contributed by atoms with Crippen molar-refractivity contribution in [1.29, 1.82) is 0 Å². The fourth-order valence-corrected chi connectivity index (χ4v) is 4.40. The number of ether oxygens (including phenoxy) is 1. The Bertz CT molecular complexity index is 850. The highest BCUT2D eigenvalue weighted by atomic mass is 19.1. The Morgan fingerprint density at radius 2 is 1.81 bits per heavy atom. The van der Waals surface area contributed by atoms with Gasteiger partial charge in [0.2, 0.25) is 0 Å². The molecular weight excluding hydrogens is 401 g/mol. The maximum Gasteiger partial charge on any atom is 0.123 e. The van der Waals surface area contributed by atoms with E-state index >= 15 is 0 Å². The number of hydrogen-bond acceptors (Lipinski definition) is 4. The highest BCUT2D eigenvalue weighted by Gasteiger charge is 2.29. The number of nitrogens with zero attached hydrogens (tertiary/aromatic N) is 2. The molecule has 1 aliphatic rings. The first kappa shape index (κ1) is 24.1. The molecule has 0 saturated carbocycles. The topological polar surface area (TPSA) is 27.7 Å². The zero-order valence-electron chi connectivity index (χ0n) is 20.0. The molecular formula is C27H38FN3O. The van der Waals surface area contributed by atoms with Crippen molar-refractivity contribution in [1.82, 2.24) is 15.1 Å². The molecule has 2 aromatic rings. The summed E-state index contributed by atoms with van der Waals surface area (Å²) >= 11 is 0. The Labute approximate surface area is 193 Å². The lowest BCUT2D eigenvalue weighted by molar-refractivity contribution is 0.0904. The Hall–Kier alpha value is -2.53. The molecule has 32 heavy (non-hydrogen) atoms. The van der Waals surface area contributed by atoms with Gasteiger partial charge in [-0.15, -0.1) is 0 Å². The molecule has 1 saturated heterocycles. The maximum absolute atomic E-state index is 13.4. The zero-order valence-corrected chi connectivity index (χ0v) is 20.0. The van der Waals surface area contributed by atoms with Crippen LogP contribution in [-0.4, -0.2) is 41.6 Å². The van der Waals surface area contributed by atoms with E-state index in [1.54, 1.807) is 0 Å². The number of halogens is 1. The normalized spacial score (nSPS) is 19.1. The van der Waals surface area contributed by atoms with E-state index in [1.165, 1.54) is 17.7 Å². The van der Waals surface area contributed by atoms with Crippen LogP contribution in [0, 0.1) is 5.82 Å². The van der Waals surface area contributed by atoms with E-state index in [0.29, 0.717) is 18.6 Å². The molecule has 2 atom stereocenters. The van der Waals surface area contributed by atoms with E-state index in [9.17, 15) is 4.39 Å². The van der Waals surface area contributed by atoms with Crippen molar-refractivity contribution >= 4 is 0 Å². The van der Waals surface area contributed by atoms with Gasteiger partial charge in [-0.2, -0.15) is 0 Å². The smallest absolute Gasteiger partial charge is 0.123 e. The average molecular weight is 440 g/mol. The van der Waals surface area contributed by atoms with Crippen LogP contribution in [0.4, 0.5) is 4.39 Å². The fraction of sp³-hybridized carbons (Fsp3) is 0.481. The Kier molecular flexibility index (Phi) is 8.57. The SMILES string of the molecule is C=C(NCc1ccc(OC(C)C)cc1)N(Cc1ccc(F)cc1)[C@@H]1CCN(C)[C@H](CC)C1. The van der Waals surface area contributed by atoms with E-state index < -0.39 is 0 Å². The molecule has 1 fully saturated rings. The van der Waals surface area contributed by atoms with Crippen molar-refractivity contribution in [3.05, 3.63) is 77.9 Å². The van der Waals surface area contributed by atoms with Gasteiger partial charge in [-0.05, 0) is 75.5 Å². The lowest BCUT2D eigenvalue weighted by atomic mass is 9.94. The van der Waals surface area contributed by atoms with Crippen LogP contribution in [0.3, 0.4) is 0 Å². The van der Waals surface area contributed by atoms with Gasteiger partial charge in [0.15, 0.2) is 0 Å². The molecule has 0 spiro atoms. The van der Waals surface area contributed by atoms with Crippen molar-refractivity contribution in [3.63, 3.8) is 0 Å². The van der Waals surface area contributed by atoms with Crippen LogP contribution in [0.1, 0.15) is 51.2 Å². The van der Waals surface area contributed by atoms with Crippen LogP contribution >= 0.6 is 0 Å². The van der Waals surface area contributed by atoms with E-state index in [4.69, 9.17) is 4.74 Å². The van der Waals surface area contributed by atoms with Crippen molar-refractivity contribution in [2.75, 3.05) is 13.6 Å². The van der Waals surface area contributed by atoms with Crippen LogP contribution in [-0.2, 0) is 13.1 Å². The number of nitrogens with one attached hydrogen (secondary N) is 1. The third-order valence-corrected chi connectivity index (χ3v) is 6.30. The van der Waals surface area contributed by atoms with Gasteiger partial charge in [0.25, 0.3) is 0 Å². The summed E-state index contributed by atoms with van der Waals surface area (Å²) in [6, 6.07) is 16.0. The van der Waals surface area contributed by atoms with Crippen LogP contribution in [0.2, 0.25) is 0 Å². The van der Waals surface area contributed by atoms with E-state index in [0.717, 1.165) is 49.5 Å². The second-order valence-electron chi connectivity index (χ2n) is 9.09. The highest BCUT2D eigenvalue weighted by molar-refractivity contribution is 5.27. The van der Waals surface area contributed by atoms with Crippen LogP contribution in [0.25, 0.3) is 0 Å². The van der Waals surface area contributed by atoms with Gasteiger partial charge < -0.3 is 19.9 Å². The summed E-state index contributed by atoms with van der Waals surface area (Å²) in [4.78, 5) is 4.84. The highest BCUT2D eigenvalue weighted by Crippen LogP contribution is 2.26. The quantitative estimate of drug-likeness (QED) is 0.525. The molecule has 2 aromatic carbocycles. The summed E-state index contributed by atoms with van der Waals surface area (Å²) in [5, 5.41) is 3.54. The van der Waals surface area contributed by atoms with Crippen molar-refractivity contribution in [3.8, 4) is 5.75 Å². The average Bonchev–Trinajstić information content (AvgIpc) is 2.78. The summed E-state index contributed by atoms with van der Waals surface area (Å²) in [5.74, 6) is 1.60. The minimum atomic E-state index is -0.201. The van der Waals surface area contributed by atoms with Gasteiger partial charge in [-0.1, -0.05) is 37.8 Å². The van der Waals surface area contributed by atoms with Crippen LogP contribution in [0.5, 0.6) is 5.75 Å². The Morgan fingerprint density at radius 3 is 2.44 bits per heavy atom. The number of rotatable bonds is 10. The summed E-state index contributed by atoms with van der Waals surface area (Å²) in [6.07, 6.45) is 3.51. The minimum Gasteiger partial charge on any atom is -0.491 e. The Morgan fingerprint density at radius 1 is 1.16 bits per heavy atom. The first-order valence-electron chi connectivity index (χ1n) is 11.8. The minimum absolute atomic E-state index is 0.167. The van der Waals surface area contributed by atoms with Gasteiger partial charge in [-0.25, -0.2) is 4.39 Å². The van der Waals surface area contributed by atoms with E-state index in [2.05, 4.69) is 47.8 Å². The largest absolute Gasteiger partial charge is 0.491 e. The van der Waals surface area contributed by atoms with Gasteiger partial charge in [0, 0.05) is 31.7 Å². The molecule has 3 rings (SSSR count). The molecule has 1 aliphatic heterocycles. The molecule has 0 amide bonds. The monoisotopic (exact) mass is 439 g/mol. The first-order chi connectivity index (χ1) is 15.4. The van der Waals surface area contributed by atoms with Gasteiger partial charge in [0.05, 0.1) is 11.9 Å². The van der Waals surface area contributed by atoms with E-state index in [-0.39, 0.29) is 11.9 Å². The van der Waals surface area contributed by atoms with E-state index in [1.807, 2.05) is 38.1 Å². The van der Waals surface area contributed by atoms with Gasteiger partial charge in [-0.3, -0.25) is 0 Å². The molecule has 0 aromatic heterocycles. The van der Waals surface area contributed by atoms with Crippen molar-refractivity contribution in [2.45, 2.75) is 71.3 Å². The van der Waals surface area contributed by atoms with Crippen LogP contribution < -0.4 is 10.1 Å². The molecule has 4 nitrogen and oxygen atoms in total. The molecule has 174 valence electrons. The third kappa shape index (κ3) is 6.73. The van der Waals surface area contributed by atoms with Gasteiger partial charge in [0.1, 0.15) is 11.6 Å². The first-order valence-corrected chi connectivity index (χ1v) is 11.8. The molecule has 0 aliphatic carbocycles. The Balaban J connectivity index is 1.68. The molecule has 5 heteroatoms. The van der Waals surface area contributed by atoms with Crippen molar-refractivity contribution in [2.24, 2.45) is 0 Å². The van der Waals surface area contributed by atoms with Crippen molar-refractivity contribution < 1.29 is 9.13 Å². The second-order valence-corrected chi connectivity index (χ2v) is 9.09. The lowest BCUT2D eigenvalue weighted by Gasteiger charge is -2.43. The number of likely N-dealkylation sites (tertiary alicyclic amines) is 1. The lowest BCUT2D eigenvalue weighted by Crippen LogP contribution is -2.49. The molecule has 1 N–H and O–H groups in total. The molecule has 0 radical (unpaired) electrons. The summed E-state index contributed by atoms with van der Waals surface area (Å²) in [6.45, 7) is 13.2. The zero-order chi connectivity index (χ0) is 23.1. The summed E-state index contributed by atoms with van der Waals surface area (Å²) in [7, 11) is 2.22. The molecule has 0 unspecified atom stereocenters. The van der Waals surface area contributed by atoms with Crippen LogP contribution in [0.15, 0.2) is 60.9 Å². The third-order valence-electron chi connectivity index (χ3n) is 6.30. The number of piperidine rings is 1. The fourth-order valence-electron chi connectivity index (χ4n) is 4.40. The maximum atomic E-state index is 13.4. The predicted octanol–water partition coefficient (Wildman–Crippen LogP) is 5.55. The molecule has 0 bridgehead atoms. The number of benzene rings is 2.